The summed E-state index contributed by atoms with van der Waals surface area (Å²) < 4.78 is 1.05. The topological polar surface area (TPSA) is 71.1 Å². The summed E-state index contributed by atoms with van der Waals surface area (Å²) in [6, 6.07) is 12.3. The molecule has 1 aromatic carbocycles. The molecule has 2 amide bonds. The van der Waals surface area contributed by atoms with E-state index in [0.29, 0.717) is 11.5 Å². The standard InChI is InChI=1S/C14H12IN3O2/c1-9-3-2-4-12(16-9)18-14(20)13(19)17-11-7-5-10(15)6-8-11/h2-8H,1H3,(H,17,19)(H,16,18,20). The SMILES string of the molecule is Cc1cccc(NC(=O)C(=O)Nc2ccc(I)cc2)n1. The van der Waals surface area contributed by atoms with E-state index in [0.717, 1.165) is 9.26 Å². The number of benzene rings is 1. The zero-order chi connectivity index (χ0) is 14.5. The minimum absolute atomic E-state index is 0.354. The Morgan fingerprint density at radius 1 is 1.00 bits per heavy atom. The lowest BCUT2D eigenvalue weighted by Crippen LogP contribution is -2.29. The van der Waals surface area contributed by atoms with Gasteiger partial charge in [-0.1, -0.05) is 6.07 Å². The number of hydrogen-bond acceptors (Lipinski definition) is 3. The number of anilines is 2. The highest BCUT2D eigenvalue weighted by Gasteiger charge is 2.14. The summed E-state index contributed by atoms with van der Waals surface area (Å²) in [6.07, 6.45) is 0. The molecule has 6 heteroatoms. The quantitative estimate of drug-likeness (QED) is 0.621. The first-order valence-electron chi connectivity index (χ1n) is 5.86. The van der Waals surface area contributed by atoms with Crippen molar-refractivity contribution < 1.29 is 9.59 Å². The Morgan fingerprint density at radius 2 is 1.65 bits per heavy atom. The van der Waals surface area contributed by atoms with Gasteiger partial charge in [0.2, 0.25) is 0 Å². The first-order valence-corrected chi connectivity index (χ1v) is 6.94. The van der Waals surface area contributed by atoms with Gasteiger partial charge in [0.25, 0.3) is 0 Å². The molecule has 0 aliphatic heterocycles. The molecular weight excluding hydrogens is 369 g/mol. The number of hydrogen-bond donors (Lipinski definition) is 2. The number of carbonyl (C=O) groups excluding carboxylic acids is 2. The van der Waals surface area contributed by atoms with Gasteiger partial charge in [-0.15, -0.1) is 0 Å². The van der Waals surface area contributed by atoms with Crippen LogP contribution in [0.15, 0.2) is 42.5 Å². The molecular formula is C14H12IN3O2. The van der Waals surface area contributed by atoms with Crippen molar-refractivity contribution in [1.29, 1.82) is 0 Å². The van der Waals surface area contributed by atoms with Gasteiger partial charge in [-0.25, -0.2) is 4.98 Å². The normalized spacial score (nSPS) is 9.90. The average Bonchev–Trinajstić information content (AvgIpc) is 2.41. The second-order valence-corrected chi connectivity index (χ2v) is 5.32. The zero-order valence-corrected chi connectivity index (χ0v) is 12.8. The van der Waals surface area contributed by atoms with Crippen LogP contribution in [0.4, 0.5) is 11.5 Å². The van der Waals surface area contributed by atoms with Gasteiger partial charge in [-0.3, -0.25) is 9.59 Å². The Bertz CT molecular complexity index is 641. The van der Waals surface area contributed by atoms with Crippen molar-refractivity contribution in [3.63, 3.8) is 0 Å². The highest BCUT2D eigenvalue weighted by atomic mass is 127. The number of halogens is 1. The molecule has 2 rings (SSSR count). The Morgan fingerprint density at radius 3 is 2.30 bits per heavy atom. The molecule has 0 saturated heterocycles. The molecule has 102 valence electrons. The molecule has 0 aliphatic rings. The third kappa shape index (κ3) is 4.02. The molecule has 0 spiro atoms. The van der Waals surface area contributed by atoms with Gasteiger partial charge in [0.1, 0.15) is 5.82 Å². The van der Waals surface area contributed by atoms with Crippen LogP contribution in [0.3, 0.4) is 0 Å². The molecule has 0 bridgehead atoms. The number of carbonyl (C=O) groups is 2. The molecule has 0 unspecified atom stereocenters. The Hall–Kier alpha value is -1.96. The lowest BCUT2D eigenvalue weighted by Gasteiger charge is -2.06. The molecule has 5 nitrogen and oxygen atoms in total. The fraction of sp³-hybridized carbons (Fsp3) is 0.0714. The van der Waals surface area contributed by atoms with E-state index < -0.39 is 11.8 Å². The van der Waals surface area contributed by atoms with Gasteiger partial charge in [0.15, 0.2) is 0 Å². The van der Waals surface area contributed by atoms with Crippen LogP contribution in [-0.4, -0.2) is 16.8 Å². The number of aryl methyl sites for hydroxylation is 1. The number of rotatable bonds is 2. The molecule has 1 heterocycles. The van der Waals surface area contributed by atoms with E-state index in [1.54, 1.807) is 37.3 Å². The summed E-state index contributed by atoms with van der Waals surface area (Å²) in [5.74, 6) is -1.12. The van der Waals surface area contributed by atoms with Crippen LogP contribution in [0.5, 0.6) is 0 Å². The number of nitrogens with one attached hydrogen (secondary N) is 2. The second-order valence-electron chi connectivity index (χ2n) is 4.08. The third-order valence-corrected chi connectivity index (χ3v) is 3.16. The van der Waals surface area contributed by atoms with E-state index in [1.807, 2.05) is 12.1 Å². The lowest BCUT2D eigenvalue weighted by molar-refractivity contribution is -0.133. The van der Waals surface area contributed by atoms with E-state index in [9.17, 15) is 9.59 Å². The molecule has 0 atom stereocenters. The first-order chi connectivity index (χ1) is 9.54. The number of nitrogens with zero attached hydrogens (tertiary/aromatic N) is 1. The van der Waals surface area contributed by atoms with Gasteiger partial charge < -0.3 is 10.6 Å². The van der Waals surface area contributed by atoms with E-state index >= 15 is 0 Å². The summed E-state index contributed by atoms with van der Waals surface area (Å²) in [6.45, 7) is 1.81. The molecule has 0 radical (unpaired) electrons. The summed E-state index contributed by atoms with van der Waals surface area (Å²) in [7, 11) is 0. The van der Waals surface area contributed by atoms with Crippen LogP contribution in [0, 0.1) is 10.5 Å². The van der Waals surface area contributed by atoms with Crippen LogP contribution in [0.1, 0.15) is 5.69 Å². The number of pyridine rings is 1. The van der Waals surface area contributed by atoms with Crippen molar-refractivity contribution in [1.82, 2.24) is 4.98 Å². The molecule has 0 fully saturated rings. The van der Waals surface area contributed by atoms with E-state index in [4.69, 9.17) is 0 Å². The zero-order valence-electron chi connectivity index (χ0n) is 10.7. The molecule has 20 heavy (non-hydrogen) atoms. The summed E-state index contributed by atoms with van der Waals surface area (Å²) in [4.78, 5) is 27.6. The van der Waals surface area contributed by atoms with Crippen LogP contribution in [0.2, 0.25) is 0 Å². The van der Waals surface area contributed by atoms with Crippen molar-refractivity contribution in [2.24, 2.45) is 0 Å². The molecule has 0 saturated carbocycles. The van der Waals surface area contributed by atoms with Crippen molar-refractivity contribution in [2.45, 2.75) is 6.92 Å². The fourth-order valence-corrected chi connectivity index (χ4v) is 1.87. The van der Waals surface area contributed by atoms with Crippen molar-refractivity contribution in [3.05, 3.63) is 51.7 Å². The predicted molar refractivity (Wildman–Crippen MR) is 85.4 cm³/mol. The monoisotopic (exact) mass is 381 g/mol. The van der Waals surface area contributed by atoms with Crippen molar-refractivity contribution in [2.75, 3.05) is 10.6 Å². The Labute approximate surface area is 129 Å². The minimum atomic E-state index is -0.748. The highest BCUT2D eigenvalue weighted by Crippen LogP contribution is 2.11. The van der Waals surface area contributed by atoms with Crippen LogP contribution in [0.25, 0.3) is 0 Å². The molecule has 1 aromatic heterocycles. The van der Waals surface area contributed by atoms with Gasteiger partial charge in [-0.2, -0.15) is 0 Å². The van der Waals surface area contributed by atoms with E-state index in [-0.39, 0.29) is 0 Å². The number of amides is 2. The van der Waals surface area contributed by atoms with Crippen LogP contribution in [-0.2, 0) is 9.59 Å². The average molecular weight is 381 g/mol. The lowest BCUT2D eigenvalue weighted by atomic mass is 10.3. The highest BCUT2D eigenvalue weighted by molar-refractivity contribution is 14.1. The second kappa shape index (κ2) is 6.47. The van der Waals surface area contributed by atoms with Gasteiger partial charge in [0.05, 0.1) is 0 Å². The van der Waals surface area contributed by atoms with Gasteiger partial charge >= 0.3 is 11.8 Å². The van der Waals surface area contributed by atoms with E-state index in [1.165, 1.54) is 0 Å². The Kier molecular flexibility index (Phi) is 4.67. The van der Waals surface area contributed by atoms with Crippen LogP contribution < -0.4 is 10.6 Å². The maximum Gasteiger partial charge on any atom is 0.315 e. The predicted octanol–water partition coefficient (Wildman–Crippen LogP) is 2.57. The minimum Gasteiger partial charge on any atom is -0.318 e. The maximum atomic E-state index is 11.7. The third-order valence-electron chi connectivity index (χ3n) is 2.44. The summed E-state index contributed by atoms with van der Waals surface area (Å²) in [5.41, 5.74) is 1.34. The number of aromatic nitrogens is 1. The Balaban J connectivity index is 1.98. The fourth-order valence-electron chi connectivity index (χ4n) is 1.51. The largest absolute Gasteiger partial charge is 0.318 e. The molecule has 2 aromatic rings. The maximum absolute atomic E-state index is 11.7. The first kappa shape index (κ1) is 14.4. The summed E-state index contributed by atoms with van der Waals surface area (Å²) in [5, 5.41) is 4.97. The van der Waals surface area contributed by atoms with Crippen LogP contribution >= 0.6 is 22.6 Å². The summed E-state index contributed by atoms with van der Waals surface area (Å²) >= 11 is 2.16. The van der Waals surface area contributed by atoms with Gasteiger partial charge in [0, 0.05) is 15.0 Å². The van der Waals surface area contributed by atoms with Crippen molar-refractivity contribution >= 4 is 45.9 Å². The van der Waals surface area contributed by atoms with E-state index in [2.05, 4.69) is 38.2 Å². The smallest absolute Gasteiger partial charge is 0.315 e. The molecule has 0 aliphatic carbocycles. The molecule has 2 N–H and O–H groups in total. The van der Waals surface area contributed by atoms with Gasteiger partial charge in [-0.05, 0) is 65.9 Å². The van der Waals surface area contributed by atoms with Crippen molar-refractivity contribution in [3.8, 4) is 0 Å².